The first kappa shape index (κ1) is 14.8. The fourth-order valence-corrected chi connectivity index (χ4v) is 1.67. The molecule has 0 aliphatic carbocycles. The summed E-state index contributed by atoms with van der Waals surface area (Å²) in [5.41, 5.74) is 0.517. The highest BCUT2D eigenvalue weighted by Crippen LogP contribution is 2.29. The van der Waals surface area contributed by atoms with Gasteiger partial charge >= 0.3 is 12.0 Å². The normalized spacial score (nSPS) is 9.72. The molecule has 0 saturated carbocycles. The second kappa shape index (κ2) is 7.23. The number of esters is 1. The number of urea groups is 1. The van der Waals surface area contributed by atoms with Gasteiger partial charge in [-0.2, -0.15) is 0 Å². The number of rotatable bonds is 4. The standard InChI is InChI=1S/C11H12BrClN2O3/c1-2-18-9(16)6-14-11(17)15-8-5-3-4-7(13)10(8)12/h3-5H,2,6H2,1H3,(H2,14,15,17). The molecule has 98 valence electrons. The number of nitrogens with one attached hydrogen (secondary N) is 2. The predicted molar refractivity (Wildman–Crippen MR) is 72.8 cm³/mol. The Labute approximate surface area is 118 Å². The molecule has 1 rings (SSSR count). The third-order valence-corrected chi connectivity index (χ3v) is 3.30. The Bertz CT molecular complexity index is 454. The van der Waals surface area contributed by atoms with E-state index in [1.54, 1.807) is 25.1 Å². The molecule has 7 heteroatoms. The largest absolute Gasteiger partial charge is 0.465 e. The van der Waals surface area contributed by atoms with Crippen LogP contribution in [0.25, 0.3) is 0 Å². The van der Waals surface area contributed by atoms with Crippen LogP contribution in [0.4, 0.5) is 10.5 Å². The van der Waals surface area contributed by atoms with Crippen LogP contribution in [0.1, 0.15) is 6.92 Å². The summed E-state index contributed by atoms with van der Waals surface area (Å²) in [6.07, 6.45) is 0. The Morgan fingerprint density at radius 2 is 2.17 bits per heavy atom. The summed E-state index contributed by atoms with van der Waals surface area (Å²) in [7, 11) is 0. The van der Waals surface area contributed by atoms with Crippen LogP contribution in [0.2, 0.25) is 5.02 Å². The third kappa shape index (κ3) is 4.54. The summed E-state index contributed by atoms with van der Waals surface area (Å²) in [5.74, 6) is -0.488. The van der Waals surface area contributed by atoms with Crippen molar-refractivity contribution in [2.75, 3.05) is 18.5 Å². The first-order chi connectivity index (χ1) is 8.54. The van der Waals surface area contributed by atoms with Crippen molar-refractivity contribution in [2.24, 2.45) is 0 Å². The molecule has 0 radical (unpaired) electrons. The molecule has 0 spiro atoms. The van der Waals surface area contributed by atoms with Gasteiger partial charge in [-0.05, 0) is 35.0 Å². The summed E-state index contributed by atoms with van der Waals surface area (Å²) >= 11 is 9.12. The molecule has 0 bridgehead atoms. The zero-order valence-corrected chi connectivity index (χ0v) is 12.0. The molecule has 5 nitrogen and oxygen atoms in total. The van der Waals surface area contributed by atoms with E-state index in [2.05, 4.69) is 31.3 Å². The van der Waals surface area contributed by atoms with E-state index in [1.807, 2.05) is 0 Å². The number of hydrogen-bond donors (Lipinski definition) is 2. The van der Waals surface area contributed by atoms with Gasteiger partial charge in [0, 0.05) is 0 Å². The van der Waals surface area contributed by atoms with E-state index < -0.39 is 12.0 Å². The summed E-state index contributed by atoms with van der Waals surface area (Å²) in [6.45, 7) is 1.79. The van der Waals surface area contributed by atoms with E-state index in [-0.39, 0.29) is 13.2 Å². The Hall–Kier alpha value is -1.27. The molecule has 0 fully saturated rings. The molecule has 0 saturated heterocycles. The van der Waals surface area contributed by atoms with Crippen LogP contribution in [0.5, 0.6) is 0 Å². The van der Waals surface area contributed by atoms with Gasteiger partial charge in [0.15, 0.2) is 0 Å². The second-order valence-corrected chi connectivity index (χ2v) is 4.41. The minimum atomic E-state index is -0.508. The maximum atomic E-state index is 11.5. The molecule has 2 N–H and O–H groups in total. The van der Waals surface area contributed by atoms with E-state index in [0.717, 1.165) is 0 Å². The number of carbonyl (C=O) groups is 2. The van der Waals surface area contributed by atoms with Crippen molar-refractivity contribution in [2.45, 2.75) is 6.92 Å². The molecule has 0 aliphatic heterocycles. The van der Waals surface area contributed by atoms with Crippen LogP contribution in [-0.2, 0) is 9.53 Å². The lowest BCUT2D eigenvalue weighted by Crippen LogP contribution is -2.34. The zero-order valence-electron chi connectivity index (χ0n) is 9.63. The molecule has 0 unspecified atom stereocenters. The van der Waals surface area contributed by atoms with Gasteiger partial charge < -0.3 is 15.4 Å². The number of anilines is 1. The van der Waals surface area contributed by atoms with Crippen molar-refractivity contribution in [3.63, 3.8) is 0 Å². The molecular weight excluding hydrogens is 323 g/mol. The lowest BCUT2D eigenvalue weighted by molar-refractivity contribution is -0.141. The van der Waals surface area contributed by atoms with Gasteiger partial charge in [0.2, 0.25) is 0 Å². The number of hydrogen-bond acceptors (Lipinski definition) is 3. The van der Waals surface area contributed by atoms with E-state index in [0.29, 0.717) is 15.2 Å². The third-order valence-electron chi connectivity index (χ3n) is 1.90. The molecule has 0 aromatic heterocycles. The first-order valence-corrected chi connectivity index (χ1v) is 6.36. The number of halogens is 2. The lowest BCUT2D eigenvalue weighted by Gasteiger charge is -2.09. The van der Waals surface area contributed by atoms with Crippen LogP contribution < -0.4 is 10.6 Å². The van der Waals surface area contributed by atoms with E-state index in [9.17, 15) is 9.59 Å². The SMILES string of the molecule is CCOC(=O)CNC(=O)Nc1cccc(Cl)c1Br. The van der Waals surface area contributed by atoms with E-state index in [4.69, 9.17) is 11.6 Å². The smallest absolute Gasteiger partial charge is 0.325 e. The van der Waals surface area contributed by atoms with Gasteiger partial charge in [-0.15, -0.1) is 0 Å². The van der Waals surface area contributed by atoms with Gasteiger partial charge in [-0.25, -0.2) is 4.79 Å². The average molecular weight is 336 g/mol. The Morgan fingerprint density at radius 1 is 1.44 bits per heavy atom. The summed E-state index contributed by atoms with van der Waals surface area (Å²) in [4.78, 5) is 22.5. The maximum Gasteiger partial charge on any atom is 0.325 e. The summed E-state index contributed by atoms with van der Waals surface area (Å²) in [6, 6.07) is 4.56. The summed E-state index contributed by atoms with van der Waals surface area (Å²) in [5, 5.41) is 5.42. The van der Waals surface area contributed by atoms with Crippen molar-refractivity contribution in [3.8, 4) is 0 Å². The van der Waals surface area contributed by atoms with Crippen LogP contribution in [-0.4, -0.2) is 25.2 Å². The number of benzene rings is 1. The molecule has 1 aromatic carbocycles. The fraction of sp³-hybridized carbons (Fsp3) is 0.273. The van der Waals surface area contributed by atoms with E-state index in [1.165, 1.54) is 0 Å². The van der Waals surface area contributed by atoms with Crippen molar-refractivity contribution in [3.05, 3.63) is 27.7 Å². The molecule has 0 heterocycles. The number of amides is 2. The highest BCUT2D eigenvalue weighted by molar-refractivity contribution is 9.10. The van der Waals surface area contributed by atoms with Crippen molar-refractivity contribution < 1.29 is 14.3 Å². The van der Waals surface area contributed by atoms with Crippen molar-refractivity contribution in [1.82, 2.24) is 5.32 Å². The van der Waals surface area contributed by atoms with Crippen molar-refractivity contribution in [1.29, 1.82) is 0 Å². The minimum absolute atomic E-state index is 0.183. The maximum absolute atomic E-state index is 11.5. The topological polar surface area (TPSA) is 67.4 Å². The zero-order chi connectivity index (χ0) is 13.5. The highest BCUT2D eigenvalue weighted by atomic mass is 79.9. The van der Waals surface area contributed by atoms with E-state index >= 15 is 0 Å². The van der Waals surface area contributed by atoms with Crippen LogP contribution in [0, 0.1) is 0 Å². The second-order valence-electron chi connectivity index (χ2n) is 3.21. The van der Waals surface area contributed by atoms with Crippen molar-refractivity contribution >= 4 is 45.2 Å². The summed E-state index contributed by atoms with van der Waals surface area (Å²) < 4.78 is 5.25. The number of ether oxygens (including phenoxy) is 1. The van der Waals surface area contributed by atoms with Gasteiger partial charge in [-0.1, -0.05) is 17.7 Å². The Kier molecular flexibility index (Phi) is 5.94. The minimum Gasteiger partial charge on any atom is -0.465 e. The predicted octanol–water partition coefficient (Wildman–Crippen LogP) is 2.79. The molecule has 2 amide bonds. The molecule has 0 atom stereocenters. The Balaban J connectivity index is 2.50. The quantitative estimate of drug-likeness (QED) is 0.831. The first-order valence-electron chi connectivity index (χ1n) is 5.19. The molecular formula is C11H12BrClN2O3. The van der Waals surface area contributed by atoms with Crippen LogP contribution in [0.3, 0.4) is 0 Å². The van der Waals surface area contributed by atoms with Crippen LogP contribution >= 0.6 is 27.5 Å². The molecule has 1 aromatic rings. The van der Waals surface area contributed by atoms with Gasteiger partial charge in [0.25, 0.3) is 0 Å². The Morgan fingerprint density at radius 3 is 2.83 bits per heavy atom. The fourth-order valence-electron chi connectivity index (χ4n) is 1.13. The lowest BCUT2D eigenvalue weighted by atomic mass is 10.3. The monoisotopic (exact) mass is 334 g/mol. The average Bonchev–Trinajstić information content (AvgIpc) is 2.33. The van der Waals surface area contributed by atoms with Gasteiger partial charge in [0.05, 0.1) is 21.8 Å². The van der Waals surface area contributed by atoms with Gasteiger partial charge in [0.1, 0.15) is 6.54 Å². The van der Waals surface area contributed by atoms with Crippen LogP contribution in [0.15, 0.2) is 22.7 Å². The molecule has 0 aliphatic rings. The highest BCUT2D eigenvalue weighted by Gasteiger charge is 2.09. The van der Waals surface area contributed by atoms with Gasteiger partial charge in [-0.3, -0.25) is 4.79 Å². The number of carbonyl (C=O) groups excluding carboxylic acids is 2. The molecule has 18 heavy (non-hydrogen) atoms.